The number of aliphatic hydroxyl groups is 5. The summed E-state index contributed by atoms with van der Waals surface area (Å²) in [7, 11) is 0. The molecule has 0 aromatic rings. The van der Waals surface area contributed by atoms with Crippen LogP contribution in [0.5, 0.6) is 0 Å². The summed E-state index contributed by atoms with van der Waals surface area (Å²) in [5.74, 6) is -1.12. The van der Waals surface area contributed by atoms with Gasteiger partial charge in [-0.1, -0.05) is 51.0 Å². The van der Waals surface area contributed by atoms with Gasteiger partial charge in [0.2, 0.25) is 0 Å². The molecule has 0 amide bonds. The number of rotatable bonds is 11. The van der Waals surface area contributed by atoms with Gasteiger partial charge in [0.05, 0.1) is 31.3 Å². The molecular formula is C40H62O12. The molecule has 0 unspecified atom stereocenters. The first kappa shape index (κ1) is 41.0. The maximum Gasteiger partial charge on any atom is 0.302 e. The summed E-state index contributed by atoms with van der Waals surface area (Å²) in [6.07, 6.45) is -0.113. The van der Waals surface area contributed by atoms with E-state index in [1.165, 1.54) is 19.4 Å². The quantitative estimate of drug-likeness (QED) is 0.154. The average molecular weight is 735 g/mol. The van der Waals surface area contributed by atoms with Crippen LogP contribution in [-0.4, -0.2) is 106 Å². The second-order valence-electron chi connectivity index (χ2n) is 17.6. The highest BCUT2D eigenvalue weighted by Crippen LogP contribution is 2.73. The Bertz CT molecular complexity index is 1420. The number of ether oxygens (including phenoxy) is 4. The van der Waals surface area contributed by atoms with Crippen molar-refractivity contribution in [3.05, 3.63) is 23.3 Å². The normalized spacial score (nSPS) is 44.0. The van der Waals surface area contributed by atoms with E-state index in [0.717, 1.165) is 18.4 Å². The van der Waals surface area contributed by atoms with E-state index in [4.69, 9.17) is 18.9 Å². The first-order valence-electron chi connectivity index (χ1n) is 19.0. The van der Waals surface area contributed by atoms with Crippen molar-refractivity contribution in [2.24, 2.45) is 45.3 Å². The summed E-state index contributed by atoms with van der Waals surface area (Å²) in [6.45, 7) is 14.8. The largest absolute Gasteiger partial charge is 0.466 e. The van der Waals surface area contributed by atoms with Crippen LogP contribution in [0.4, 0.5) is 0 Å². The van der Waals surface area contributed by atoms with Gasteiger partial charge < -0.3 is 44.5 Å². The topological polar surface area (TPSA) is 189 Å². The third-order valence-corrected chi connectivity index (χ3v) is 14.4. The van der Waals surface area contributed by atoms with Gasteiger partial charge >= 0.3 is 11.9 Å². The molecule has 294 valence electrons. The monoisotopic (exact) mass is 734 g/mol. The number of esters is 2. The molecule has 1 saturated heterocycles. The number of ketones is 1. The van der Waals surface area contributed by atoms with Crippen molar-refractivity contribution in [3.63, 3.8) is 0 Å². The fourth-order valence-electron chi connectivity index (χ4n) is 11.5. The van der Waals surface area contributed by atoms with Gasteiger partial charge in [0.1, 0.15) is 36.3 Å². The first-order valence-corrected chi connectivity index (χ1v) is 19.0. The highest BCUT2D eigenvalue weighted by atomic mass is 16.7. The minimum atomic E-state index is -1.59. The molecule has 1 heterocycles. The number of aliphatic hydroxyl groups excluding tert-OH is 5. The number of hydrogen-bond donors (Lipinski definition) is 5. The van der Waals surface area contributed by atoms with Crippen LogP contribution in [0.1, 0.15) is 100 Å². The molecule has 5 rings (SSSR count). The zero-order valence-electron chi connectivity index (χ0n) is 32.2. The van der Waals surface area contributed by atoms with E-state index < -0.39 is 65.8 Å². The average Bonchev–Trinajstić information content (AvgIpc) is 3.35. The smallest absolute Gasteiger partial charge is 0.302 e. The van der Waals surface area contributed by atoms with E-state index in [9.17, 15) is 39.9 Å². The Morgan fingerprint density at radius 3 is 2.33 bits per heavy atom. The molecule has 5 aliphatic rings. The summed E-state index contributed by atoms with van der Waals surface area (Å²) in [5.41, 5.74) is -0.00707. The zero-order valence-corrected chi connectivity index (χ0v) is 32.2. The van der Waals surface area contributed by atoms with Gasteiger partial charge in [-0.25, -0.2) is 0 Å². The van der Waals surface area contributed by atoms with E-state index in [-0.39, 0.29) is 60.0 Å². The van der Waals surface area contributed by atoms with E-state index in [1.54, 1.807) is 0 Å². The summed E-state index contributed by atoms with van der Waals surface area (Å²) in [4.78, 5) is 38.8. The molecule has 4 fully saturated rings. The van der Waals surface area contributed by atoms with Gasteiger partial charge in [0, 0.05) is 25.7 Å². The Labute approximate surface area is 307 Å². The molecule has 0 radical (unpaired) electrons. The number of hydrogen-bond acceptors (Lipinski definition) is 12. The lowest BCUT2D eigenvalue weighted by Crippen LogP contribution is -2.63. The molecule has 1 aliphatic heterocycles. The highest BCUT2D eigenvalue weighted by Gasteiger charge is 2.70. The number of fused-ring (bicyclic) bond motifs is 5. The number of carbonyl (C=O) groups is 3. The van der Waals surface area contributed by atoms with Gasteiger partial charge in [0.15, 0.2) is 6.29 Å². The first-order chi connectivity index (χ1) is 24.2. The number of Topliss-reactive ketones (excluding diaryl/α,β-unsaturated/α-hetero) is 1. The van der Waals surface area contributed by atoms with Crippen molar-refractivity contribution in [2.75, 3.05) is 19.8 Å². The molecule has 4 aliphatic carbocycles. The van der Waals surface area contributed by atoms with Gasteiger partial charge in [-0.2, -0.15) is 0 Å². The van der Waals surface area contributed by atoms with Crippen molar-refractivity contribution in [3.8, 4) is 0 Å². The SMILES string of the molecule is CC(=O)OC[C@@H](C[C@H](O)C=C(C)C)[C@@H]1CC[C@]2(C)C3=CC[C@@H]4[C@](C)(CCC(=O)[C@]4(C)CO[C@@H]4O[C@H](CO)[C@@H](O)[C@H](O)[C@H]4O)[C@@H]3C[C@@H](OC(C)=O)[C@@]12C. The fourth-order valence-corrected chi connectivity index (χ4v) is 11.5. The second-order valence-corrected chi connectivity index (χ2v) is 17.6. The van der Waals surface area contributed by atoms with Crippen LogP contribution in [0, 0.1) is 45.3 Å². The minimum absolute atomic E-state index is 0.0182. The van der Waals surface area contributed by atoms with E-state index in [1.807, 2.05) is 26.8 Å². The number of carbonyl (C=O) groups excluding carboxylic acids is 3. The fraction of sp³-hybridized carbons (Fsp3) is 0.825. The number of allylic oxidation sites excluding steroid dienone is 3. The molecule has 12 nitrogen and oxygen atoms in total. The van der Waals surface area contributed by atoms with Crippen LogP contribution in [-0.2, 0) is 33.3 Å². The van der Waals surface area contributed by atoms with Crippen molar-refractivity contribution in [1.82, 2.24) is 0 Å². The van der Waals surface area contributed by atoms with Gasteiger partial charge in [0.25, 0.3) is 0 Å². The minimum Gasteiger partial charge on any atom is -0.466 e. The van der Waals surface area contributed by atoms with Crippen molar-refractivity contribution in [2.45, 2.75) is 143 Å². The van der Waals surface area contributed by atoms with Crippen LogP contribution in [0.15, 0.2) is 23.3 Å². The van der Waals surface area contributed by atoms with Crippen molar-refractivity contribution >= 4 is 17.7 Å². The molecular weight excluding hydrogens is 672 g/mol. The van der Waals surface area contributed by atoms with Crippen molar-refractivity contribution in [1.29, 1.82) is 0 Å². The summed E-state index contributed by atoms with van der Waals surface area (Å²) < 4.78 is 23.6. The molecule has 0 aromatic carbocycles. The van der Waals surface area contributed by atoms with E-state index in [2.05, 4.69) is 26.8 Å². The third kappa shape index (κ3) is 6.95. The third-order valence-electron chi connectivity index (χ3n) is 14.4. The molecule has 12 heteroatoms. The molecule has 0 bridgehead atoms. The molecule has 5 N–H and O–H groups in total. The summed E-state index contributed by atoms with van der Waals surface area (Å²) in [5, 5.41) is 52.0. The Kier molecular flexibility index (Phi) is 11.9. The lowest BCUT2D eigenvalue weighted by molar-refractivity contribution is -0.307. The van der Waals surface area contributed by atoms with Gasteiger partial charge in [-0.3, -0.25) is 14.4 Å². The molecule has 0 aromatic heterocycles. The Balaban J connectivity index is 1.50. The predicted octanol–water partition coefficient (Wildman–Crippen LogP) is 3.40. The molecule has 3 saturated carbocycles. The van der Waals surface area contributed by atoms with Crippen LogP contribution in [0.25, 0.3) is 0 Å². The molecule has 0 spiro atoms. The van der Waals surface area contributed by atoms with Gasteiger partial charge in [-0.05, 0) is 86.9 Å². The van der Waals surface area contributed by atoms with Crippen LogP contribution in [0.2, 0.25) is 0 Å². The van der Waals surface area contributed by atoms with E-state index in [0.29, 0.717) is 32.1 Å². The van der Waals surface area contributed by atoms with Crippen molar-refractivity contribution < 1.29 is 58.9 Å². The predicted molar refractivity (Wildman–Crippen MR) is 189 cm³/mol. The second kappa shape index (κ2) is 15.2. The molecule has 52 heavy (non-hydrogen) atoms. The lowest BCUT2D eigenvalue weighted by Gasteiger charge is -2.65. The highest BCUT2D eigenvalue weighted by molar-refractivity contribution is 5.86. The Morgan fingerprint density at radius 2 is 1.71 bits per heavy atom. The molecule has 15 atom stereocenters. The lowest BCUT2D eigenvalue weighted by atomic mass is 9.40. The maximum absolute atomic E-state index is 13.9. The summed E-state index contributed by atoms with van der Waals surface area (Å²) >= 11 is 0. The van der Waals surface area contributed by atoms with Gasteiger partial charge in [-0.15, -0.1) is 0 Å². The maximum atomic E-state index is 13.9. The van der Waals surface area contributed by atoms with Crippen LogP contribution < -0.4 is 0 Å². The Morgan fingerprint density at radius 1 is 1.02 bits per heavy atom. The summed E-state index contributed by atoms with van der Waals surface area (Å²) in [6, 6.07) is 0. The van der Waals surface area contributed by atoms with E-state index >= 15 is 0 Å². The van der Waals surface area contributed by atoms with Crippen LogP contribution in [0.3, 0.4) is 0 Å². The zero-order chi connectivity index (χ0) is 38.6. The van der Waals surface area contributed by atoms with Crippen LogP contribution >= 0.6 is 0 Å². The Hall–Kier alpha value is -2.19. The standard InChI is InChI=1S/C40H62O12/c1-21(2)15-25(44)16-24(19-49-22(3)42)26-11-14-39(7)27-9-10-30-37(5,28(27)17-32(40(26,39)8)51-23(4)43)13-12-31(45)38(30,6)20-50-36-35(48)34(47)33(46)29(18-41)52-36/h9,15,24-26,28-30,32-36,41,44,46-48H,10-14,16-20H2,1-8H3/t24-,25-,26+,28-,29-,30-,32-,33-,34+,35-,36-,37-,38-,39-,40-/m1/s1.